The van der Waals surface area contributed by atoms with Crippen LogP contribution in [0.25, 0.3) is 10.9 Å². The molecule has 0 aliphatic rings. The number of hydrogen-bond acceptors (Lipinski definition) is 3. The van der Waals surface area contributed by atoms with Crippen LogP contribution >= 0.6 is 0 Å². The molecule has 0 spiro atoms. The average molecular weight is 336 g/mol. The van der Waals surface area contributed by atoms with Gasteiger partial charge in [-0.25, -0.2) is 0 Å². The van der Waals surface area contributed by atoms with Crippen molar-refractivity contribution in [2.24, 2.45) is 0 Å². The molecule has 2 aromatic heterocycles. The molecule has 1 amide bonds. The zero-order valence-corrected chi connectivity index (χ0v) is 15.1. The minimum absolute atomic E-state index is 0.155. The van der Waals surface area contributed by atoms with Gasteiger partial charge in [-0.2, -0.15) is 5.10 Å². The molecule has 0 bridgehead atoms. The van der Waals surface area contributed by atoms with E-state index in [1.807, 2.05) is 43.8 Å². The van der Waals surface area contributed by atoms with Gasteiger partial charge in [0.05, 0.1) is 11.2 Å². The van der Waals surface area contributed by atoms with Crippen LogP contribution in [0.1, 0.15) is 29.8 Å². The first kappa shape index (κ1) is 17.1. The molecule has 0 atom stereocenters. The number of nitrogens with zero attached hydrogens (tertiary/aromatic N) is 4. The van der Waals surface area contributed by atoms with Gasteiger partial charge in [0.1, 0.15) is 0 Å². The summed E-state index contributed by atoms with van der Waals surface area (Å²) >= 11 is 0. The van der Waals surface area contributed by atoms with Gasteiger partial charge in [-0.15, -0.1) is 0 Å². The van der Waals surface area contributed by atoms with Gasteiger partial charge in [0.15, 0.2) is 0 Å². The number of rotatable bonds is 6. The molecule has 0 saturated carbocycles. The Morgan fingerprint density at radius 1 is 1.20 bits per heavy atom. The Labute approximate surface area is 148 Å². The van der Waals surface area contributed by atoms with Crippen LogP contribution in [-0.2, 0) is 17.9 Å². The lowest BCUT2D eigenvalue weighted by atomic mass is 10.1. The smallest absolute Gasteiger partial charge is 0.222 e. The summed E-state index contributed by atoms with van der Waals surface area (Å²) in [4.78, 5) is 18.6. The molecule has 0 unspecified atom stereocenters. The Hall–Kier alpha value is -2.69. The maximum atomic E-state index is 12.4. The molecule has 0 fully saturated rings. The van der Waals surface area contributed by atoms with Crippen molar-refractivity contribution in [2.45, 2.75) is 39.8 Å². The number of fused-ring (bicyclic) bond motifs is 1. The number of hydrogen-bond donors (Lipinski definition) is 0. The quantitative estimate of drug-likeness (QED) is 0.692. The van der Waals surface area contributed by atoms with Crippen molar-refractivity contribution in [1.29, 1.82) is 0 Å². The highest BCUT2D eigenvalue weighted by Crippen LogP contribution is 2.18. The van der Waals surface area contributed by atoms with Gasteiger partial charge in [0.25, 0.3) is 0 Å². The molecule has 0 saturated heterocycles. The van der Waals surface area contributed by atoms with Crippen LogP contribution in [0.5, 0.6) is 0 Å². The van der Waals surface area contributed by atoms with E-state index in [-0.39, 0.29) is 5.91 Å². The predicted molar refractivity (Wildman–Crippen MR) is 99.2 cm³/mol. The lowest BCUT2D eigenvalue weighted by Crippen LogP contribution is -2.26. The van der Waals surface area contributed by atoms with Crippen LogP contribution in [0, 0.1) is 13.8 Å². The minimum Gasteiger partial charge on any atom is -0.341 e. The van der Waals surface area contributed by atoms with Gasteiger partial charge in [-0.05, 0) is 44.0 Å². The molecule has 0 aliphatic heterocycles. The van der Waals surface area contributed by atoms with Crippen molar-refractivity contribution in [3.63, 3.8) is 0 Å². The van der Waals surface area contributed by atoms with Crippen LogP contribution in [-0.4, -0.2) is 32.6 Å². The third-order valence-electron chi connectivity index (χ3n) is 4.43. The highest BCUT2D eigenvalue weighted by atomic mass is 16.2. The summed E-state index contributed by atoms with van der Waals surface area (Å²) in [5.74, 6) is 0.155. The molecular formula is C20H24N4O. The largest absolute Gasteiger partial charge is 0.341 e. The summed E-state index contributed by atoms with van der Waals surface area (Å²) in [6.07, 6.45) is 3.11. The second-order valence-corrected chi connectivity index (χ2v) is 6.49. The van der Waals surface area contributed by atoms with Crippen LogP contribution in [0.4, 0.5) is 0 Å². The Morgan fingerprint density at radius 3 is 2.80 bits per heavy atom. The fourth-order valence-corrected chi connectivity index (χ4v) is 3.12. The number of carbonyl (C=O) groups excluding carboxylic acids is 1. The minimum atomic E-state index is 0.155. The molecule has 0 aliphatic carbocycles. The van der Waals surface area contributed by atoms with E-state index in [1.165, 1.54) is 0 Å². The number of amides is 1. The number of carbonyl (C=O) groups is 1. The van der Waals surface area contributed by atoms with E-state index >= 15 is 0 Å². The van der Waals surface area contributed by atoms with Gasteiger partial charge in [0, 0.05) is 43.8 Å². The number of pyridine rings is 1. The molecule has 5 heteroatoms. The summed E-state index contributed by atoms with van der Waals surface area (Å²) in [5, 5.41) is 5.54. The average Bonchev–Trinajstić information content (AvgIpc) is 2.92. The van der Waals surface area contributed by atoms with E-state index in [0.717, 1.165) is 40.8 Å². The SMILES string of the molecule is Cc1cc(C)n(CCCC(=O)N(C)Cc2cccc3ncccc23)n1. The van der Waals surface area contributed by atoms with Gasteiger partial charge in [-0.3, -0.25) is 14.5 Å². The molecule has 3 rings (SSSR count). The van der Waals surface area contributed by atoms with Crippen molar-refractivity contribution in [2.75, 3.05) is 7.05 Å². The fraction of sp³-hybridized carbons (Fsp3) is 0.350. The second-order valence-electron chi connectivity index (χ2n) is 6.49. The maximum Gasteiger partial charge on any atom is 0.222 e. The molecule has 0 N–H and O–H groups in total. The Kier molecular flexibility index (Phi) is 5.12. The molecule has 130 valence electrons. The lowest BCUT2D eigenvalue weighted by molar-refractivity contribution is -0.130. The predicted octanol–water partition coefficient (Wildman–Crippen LogP) is 3.49. The van der Waals surface area contributed by atoms with Crippen LogP contribution < -0.4 is 0 Å². The first-order chi connectivity index (χ1) is 12.0. The summed E-state index contributed by atoms with van der Waals surface area (Å²) in [6, 6.07) is 12.1. The van der Waals surface area contributed by atoms with Crippen molar-refractivity contribution >= 4 is 16.8 Å². The van der Waals surface area contributed by atoms with Gasteiger partial charge in [-0.1, -0.05) is 18.2 Å². The Morgan fingerprint density at radius 2 is 2.04 bits per heavy atom. The molecular weight excluding hydrogens is 312 g/mol. The first-order valence-electron chi connectivity index (χ1n) is 8.62. The van der Waals surface area contributed by atoms with E-state index in [1.54, 1.807) is 11.1 Å². The summed E-state index contributed by atoms with van der Waals surface area (Å²) < 4.78 is 1.97. The van der Waals surface area contributed by atoms with Crippen molar-refractivity contribution in [3.05, 3.63) is 59.5 Å². The van der Waals surface area contributed by atoms with Gasteiger partial charge < -0.3 is 4.90 Å². The van der Waals surface area contributed by atoms with Crippen molar-refractivity contribution < 1.29 is 4.79 Å². The first-order valence-corrected chi connectivity index (χ1v) is 8.62. The topological polar surface area (TPSA) is 51.0 Å². The van der Waals surface area contributed by atoms with E-state index in [0.29, 0.717) is 13.0 Å². The fourth-order valence-electron chi connectivity index (χ4n) is 3.12. The molecule has 2 heterocycles. The zero-order valence-electron chi connectivity index (χ0n) is 15.1. The summed E-state index contributed by atoms with van der Waals surface area (Å²) in [5.41, 5.74) is 4.25. The standard InChI is InChI=1S/C20H24N4O/c1-15-13-16(2)24(22-15)12-6-10-20(25)23(3)14-17-7-4-9-19-18(17)8-5-11-21-19/h4-5,7-9,11,13H,6,10,12,14H2,1-3H3. The third-order valence-corrected chi connectivity index (χ3v) is 4.43. The summed E-state index contributed by atoms with van der Waals surface area (Å²) in [7, 11) is 1.86. The van der Waals surface area contributed by atoms with Crippen LogP contribution in [0.3, 0.4) is 0 Å². The monoisotopic (exact) mass is 336 g/mol. The summed E-state index contributed by atoms with van der Waals surface area (Å²) in [6.45, 7) is 5.41. The zero-order chi connectivity index (χ0) is 17.8. The van der Waals surface area contributed by atoms with Gasteiger partial charge in [0.2, 0.25) is 5.91 Å². The van der Waals surface area contributed by atoms with Crippen LogP contribution in [0.15, 0.2) is 42.6 Å². The molecule has 5 nitrogen and oxygen atoms in total. The Bertz CT molecular complexity index is 879. The highest BCUT2D eigenvalue weighted by Gasteiger charge is 2.11. The Balaban J connectivity index is 1.58. The van der Waals surface area contributed by atoms with Crippen molar-refractivity contribution in [3.8, 4) is 0 Å². The van der Waals surface area contributed by atoms with E-state index in [4.69, 9.17) is 0 Å². The number of aryl methyl sites for hydroxylation is 3. The van der Waals surface area contributed by atoms with Crippen molar-refractivity contribution in [1.82, 2.24) is 19.7 Å². The van der Waals surface area contributed by atoms with E-state index in [9.17, 15) is 4.79 Å². The van der Waals surface area contributed by atoms with E-state index < -0.39 is 0 Å². The molecule has 25 heavy (non-hydrogen) atoms. The molecule has 0 radical (unpaired) electrons. The maximum absolute atomic E-state index is 12.4. The number of aromatic nitrogens is 3. The third kappa shape index (κ3) is 4.05. The molecule has 1 aromatic carbocycles. The normalized spacial score (nSPS) is 11.0. The van der Waals surface area contributed by atoms with E-state index in [2.05, 4.69) is 28.3 Å². The highest BCUT2D eigenvalue weighted by molar-refractivity contribution is 5.83. The lowest BCUT2D eigenvalue weighted by Gasteiger charge is -2.18. The van der Waals surface area contributed by atoms with Gasteiger partial charge >= 0.3 is 0 Å². The number of benzene rings is 1. The molecule has 3 aromatic rings. The second kappa shape index (κ2) is 7.47. The van der Waals surface area contributed by atoms with Crippen LogP contribution in [0.2, 0.25) is 0 Å².